The molecule has 0 fully saturated rings. The molecule has 0 spiro atoms. The van der Waals surface area contributed by atoms with Crippen LogP contribution in [0, 0.1) is 6.92 Å². The van der Waals surface area contributed by atoms with Crippen LogP contribution in [0.3, 0.4) is 0 Å². The summed E-state index contributed by atoms with van der Waals surface area (Å²) in [5.41, 5.74) is 5.62. The number of unbranched alkanes of at least 4 members (excludes halogenated alkanes) is 1. The number of nitrogens with zero attached hydrogens (tertiary/aromatic N) is 1. The van der Waals surface area contributed by atoms with Crippen molar-refractivity contribution in [2.45, 2.75) is 50.0 Å². The lowest BCUT2D eigenvalue weighted by Crippen LogP contribution is -2.35. The maximum absolute atomic E-state index is 12.4. The Labute approximate surface area is 162 Å². The highest BCUT2D eigenvalue weighted by molar-refractivity contribution is 7.89. The molecule has 1 unspecified atom stereocenters. The third-order valence-electron chi connectivity index (χ3n) is 5.88. The lowest BCUT2D eigenvalue weighted by atomic mass is 9.93. The zero-order chi connectivity index (χ0) is 18.9. The molecule has 0 saturated carbocycles. The molecule has 2 aromatic rings. The molecule has 2 aliphatic rings. The van der Waals surface area contributed by atoms with Gasteiger partial charge in [0.05, 0.1) is 4.90 Å². The van der Waals surface area contributed by atoms with Gasteiger partial charge in [-0.2, -0.15) is 0 Å². The van der Waals surface area contributed by atoms with Crippen LogP contribution in [0.1, 0.15) is 47.6 Å². The van der Waals surface area contributed by atoms with Gasteiger partial charge in [-0.15, -0.1) is 0 Å². The third kappa shape index (κ3) is 3.96. The van der Waals surface area contributed by atoms with E-state index in [1.807, 2.05) is 13.0 Å². The lowest BCUT2D eigenvalue weighted by Gasteiger charge is -2.35. The van der Waals surface area contributed by atoms with E-state index in [0.29, 0.717) is 17.5 Å². The highest BCUT2D eigenvalue weighted by Crippen LogP contribution is 2.41. The van der Waals surface area contributed by atoms with Crippen LogP contribution in [0.5, 0.6) is 0 Å². The van der Waals surface area contributed by atoms with Crippen LogP contribution in [0.15, 0.2) is 47.4 Å². The van der Waals surface area contributed by atoms with Crippen molar-refractivity contribution >= 4 is 10.0 Å². The first-order valence-corrected chi connectivity index (χ1v) is 11.4. The zero-order valence-electron chi connectivity index (χ0n) is 15.9. The highest BCUT2D eigenvalue weighted by atomic mass is 32.2. The predicted molar refractivity (Wildman–Crippen MR) is 108 cm³/mol. The van der Waals surface area contributed by atoms with Crippen LogP contribution in [0.4, 0.5) is 0 Å². The second-order valence-electron chi connectivity index (χ2n) is 7.75. The summed E-state index contributed by atoms with van der Waals surface area (Å²) in [6.45, 7) is 4.57. The Bertz CT molecular complexity index is 924. The Morgan fingerprint density at radius 3 is 2.67 bits per heavy atom. The largest absolute Gasteiger partial charge is 0.296 e. The standard InChI is InChI=1S/C22H28N2O2S/c1-17-6-4-9-20(16-17)27(25,26)23-13-2-3-14-24-15-12-19-8-5-7-18-10-11-21(24)22(18)19/h4-9,16,21,23H,2-3,10-15H2,1H3. The van der Waals surface area contributed by atoms with Gasteiger partial charge in [-0.1, -0.05) is 30.3 Å². The lowest BCUT2D eigenvalue weighted by molar-refractivity contribution is 0.182. The molecule has 1 atom stereocenters. The van der Waals surface area contributed by atoms with E-state index in [2.05, 4.69) is 27.8 Å². The molecule has 144 valence electrons. The Morgan fingerprint density at radius 1 is 1.07 bits per heavy atom. The number of hydrogen-bond acceptors (Lipinski definition) is 3. The number of nitrogens with one attached hydrogen (secondary N) is 1. The minimum atomic E-state index is -3.40. The average Bonchev–Trinajstić information content (AvgIpc) is 3.09. The molecule has 2 aromatic carbocycles. The molecule has 1 aliphatic heterocycles. The van der Waals surface area contributed by atoms with Crippen molar-refractivity contribution in [1.29, 1.82) is 0 Å². The molecule has 0 aromatic heterocycles. The first-order valence-electron chi connectivity index (χ1n) is 9.96. The van der Waals surface area contributed by atoms with Gasteiger partial charge in [-0.05, 0) is 80.0 Å². The summed E-state index contributed by atoms with van der Waals surface area (Å²) in [6.07, 6.45) is 5.44. The van der Waals surface area contributed by atoms with Gasteiger partial charge in [0.15, 0.2) is 0 Å². The van der Waals surface area contributed by atoms with E-state index < -0.39 is 10.0 Å². The van der Waals surface area contributed by atoms with Crippen molar-refractivity contribution < 1.29 is 8.42 Å². The first-order chi connectivity index (χ1) is 13.0. The molecule has 0 amide bonds. The second kappa shape index (κ2) is 7.74. The molecule has 0 saturated heterocycles. The second-order valence-corrected chi connectivity index (χ2v) is 9.52. The van der Waals surface area contributed by atoms with Gasteiger partial charge in [-0.3, -0.25) is 4.90 Å². The Hall–Kier alpha value is -1.69. The molecule has 5 heteroatoms. The molecule has 4 nitrogen and oxygen atoms in total. The van der Waals surface area contributed by atoms with Gasteiger partial charge in [-0.25, -0.2) is 13.1 Å². The summed E-state index contributed by atoms with van der Waals surface area (Å²) in [5.74, 6) is 0. The molecule has 0 bridgehead atoms. The third-order valence-corrected chi connectivity index (χ3v) is 7.34. The Kier molecular flexibility index (Phi) is 5.35. The Morgan fingerprint density at radius 2 is 1.85 bits per heavy atom. The summed E-state index contributed by atoms with van der Waals surface area (Å²) in [7, 11) is -3.40. The maximum Gasteiger partial charge on any atom is 0.240 e. The van der Waals surface area contributed by atoms with Crippen molar-refractivity contribution in [2.24, 2.45) is 0 Å². The molecule has 1 N–H and O–H groups in total. The minimum Gasteiger partial charge on any atom is -0.296 e. The molecule has 27 heavy (non-hydrogen) atoms. The molecular weight excluding hydrogens is 356 g/mol. The fraction of sp³-hybridized carbons (Fsp3) is 0.455. The van der Waals surface area contributed by atoms with E-state index in [-0.39, 0.29) is 0 Å². The van der Waals surface area contributed by atoms with Gasteiger partial charge in [0, 0.05) is 19.1 Å². The normalized spacial score (nSPS) is 19.2. The topological polar surface area (TPSA) is 49.4 Å². The first kappa shape index (κ1) is 18.7. The number of rotatable bonds is 7. The van der Waals surface area contributed by atoms with Gasteiger partial charge < -0.3 is 0 Å². The summed E-state index contributed by atoms with van der Waals surface area (Å²) in [5, 5.41) is 0. The van der Waals surface area contributed by atoms with Crippen molar-refractivity contribution in [1.82, 2.24) is 9.62 Å². The summed E-state index contributed by atoms with van der Waals surface area (Å²) < 4.78 is 27.5. The molecule has 0 radical (unpaired) electrons. The van der Waals surface area contributed by atoms with Crippen molar-refractivity contribution in [2.75, 3.05) is 19.6 Å². The zero-order valence-corrected chi connectivity index (χ0v) is 16.8. The van der Waals surface area contributed by atoms with E-state index in [0.717, 1.165) is 37.9 Å². The smallest absolute Gasteiger partial charge is 0.240 e. The van der Waals surface area contributed by atoms with Crippen molar-refractivity contribution in [3.8, 4) is 0 Å². The molecule has 1 aliphatic carbocycles. The maximum atomic E-state index is 12.4. The van der Waals surface area contributed by atoms with Crippen LogP contribution in [0.25, 0.3) is 0 Å². The van der Waals surface area contributed by atoms with E-state index in [1.54, 1.807) is 23.8 Å². The number of benzene rings is 2. The van der Waals surface area contributed by atoms with Gasteiger partial charge in [0.2, 0.25) is 10.0 Å². The number of sulfonamides is 1. The highest BCUT2D eigenvalue weighted by Gasteiger charge is 2.32. The molecule has 4 rings (SSSR count). The monoisotopic (exact) mass is 384 g/mol. The van der Waals surface area contributed by atoms with E-state index in [1.165, 1.54) is 24.0 Å². The SMILES string of the molecule is Cc1cccc(S(=O)(=O)NCCCCN2CCc3cccc4c3C2CC4)c1. The summed E-state index contributed by atoms with van der Waals surface area (Å²) >= 11 is 0. The van der Waals surface area contributed by atoms with Crippen LogP contribution < -0.4 is 4.72 Å². The quantitative estimate of drug-likeness (QED) is 0.742. The molecular formula is C22H28N2O2S. The molecule has 1 heterocycles. The predicted octanol–water partition coefficient (Wildman–Crippen LogP) is 3.60. The van der Waals surface area contributed by atoms with E-state index >= 15 is 0 Å². The van der Waals surface area contributed by atoms with E-state index in [9.17, 15) is 8.42 Å². The summed E-state index contributed by atoms with van der Waals surface area (Å²) in [6, 6.07) is 14.4. The van der Waals surface area contributed by atoms with Crippen LogP contribution in [-0.4, -0.2) is 33.0 Å². The van der Waals surface area contributed by atoms with Gasteiger partial charge >= 0.3 is 0 Å². The van der Waals surface area contributed by atoms with Gasteiger partial charge in [0.1, 0.15) is 0 Å². The Balaban J connectivity index is 1.27. The fourth-order valence-corrected chi connectivity index (χ4v) is 5.71. The van der Waals surface area contributed by atoms with Gasteiger partial charge in [0.25, 0.3) is 0 Å². The minimum absolute atomic E-state index is 0.355. The van der Waals surface area contributed by atoms with Crippen molar-refractivity contribution in [3.63, 3.8) is 0 Å². The number of hydrogen-bond donors (Lipinski definition) is 1. The summed E-state index contributed by atoms with van der Waals surface area (Å²) in [4.78, 5) is 2.96. The van der Waals surface area contributed by atoms with Crippen LogP contribution in [0.2, 0.25) is 0 Å². The van der Waals surface area contributed by atoms with Crippen LogP contribution >= 0.6 is 0 Å². The van der Waals surface area contributed by atoms with Crippen molar-refractivity contribution in [3.05, 3.63) is 64.7 Å². The number of aryl methyl sites for hydroxylation is 2. The van der Waals surface area contributed by atoms with E-state index in [4.69, 9.17) is 0 Å². The van der Waals surface area contributed by atoms with Crippen LogP contribution in [-0.2, 0) is 22.9 Å². The average molecular weight is 385 g/mol. The fourth-order valence-electron chi connectivity index (χ4n) is 4.53.